The third kappa shape index (κ3) is 2.79. The lowest BCUT2D eigenvalue weighted by Gasteiger charge is -2.35. The van der Waals surface area contributed by atoms with E-state index in [0.29, 0.717) is 19.5 Å². The Bertz CT molecular complexity index is 319. The van der Waals surface area contributed by atoms with E-state index in [0.717, 1.165) is 6.42 Å². The van der Waals surface area contributed by atoms with Gasteiger partial charge in [0.2, 0.25) is 0 Å². The van der Waals surface area contributed by atoms with Crippen LogP contribution in [0.15, 0.2) is 0 Å². The van der Waals surface area contributed by atoms with Crippen LogP contribution in [-0.2, 0) is 4.79 Å². The molecular weight excluding hydrogens is 247 g/mol. The van der Waals surface area contributed by atoms with Gasteiger partial charge in [0.15, 0.2) is 0 Å². The molecule has 2 fully saturated rings. The molecule has 18 heavy (non-hydrogen) atoms. The monoisotopic (exact) mass is 265 g/mol. The number of halogens is 3. The standard InChI is InChI=1S/C12H18F3NO2/c13-12(14,15)8-3-1-2-7(4-8)9-5-16-6-10(9)11(17)18/h7-10,16H,1-6H2,(H,17,18). The van der Waals surface area contributed by atoms with Gasteiger partial charge in [0.05, 0.1) is 11.8 Å². The lowest BCUT2D eigenvalue weighted by atomic mass is 9.72. The van der Waals surface area contributed by atoms with Crippen LogP contribution in [0.3, 0.4) is 0 Å². The number of hydrogen-bond donors (Lipinski definition) is 2. The Labute approximate surface area is 104 Å². The van der Waals surface area contributed by atoms with E-state index in [9.17, 15) is 18.0 Å². The van der Waals surface area contributed by atoms with Crippen LogP contribution < -0.4 is 5.32 Å². The van der Waals surface area contributed by atoms with Crippen molar-refractivity contribution in [3.05, 3.63) is 0 Å². The average molecular weight is 265 g/mol. The van der Waals surface area contributed by atoms with Gasteiger partial charge in [-0.1, -0.05) is 12.8 Å². The lowest BCUT2D eigenvalue weighted by molar-refractivity contribution is -0.187. The number of carboxylic acids is 1. The minimum absolute atomic E-state index is 0.0969. The molecule has 2 aliphatic rings. The molecule has 4 atom stereocenters. The number of carbonyl (C=O) groups is 1. The van der Waals surface area contributed by atoms with Crippen LogP contribution in [0, 0.1) is 23.7 Å². The van der Waals surface area contributed by atoms with E-state index < -0.39 is 24.0 Å². The summed E-state index contributed by atoms with van der Waals surface area (Å²) in [6, 6.07) is 0. The highest BCUT2D eigenvalue weighted by molar-refractivity contribution is 5.71. The molecule has 0 spiro atoms. The third-order valence-corrected chi connectivity index (χ3v) is 4.36. The number of alkyl halides is 3. The minimum Gasteiger partial charge on any atom is -0.481 e. The van der Waals surface area contributed by atoms with Gasteiger partial charge in [-0.2, -0.15) is 13.2 Å². The normalized spacial score (nSPS) is 37.7. The number of rotatable bonds is 2. The smallest absolute Gasteiger partial charge is 0.391 e. The van der Waals surface area contributed by atoms with Crippen LogP contribution in [0.1, 0.15) is 25.7 Å². The molecule has 1 aliphatic carbocycles. The van der Waals surface area contributed by atoms with Gasteiger partial charge in [-0.15, -0.1) is 0 Å². The van der Waals surface area contributed by atoms with Crippen molar-refractivity contribution in [3.8, 4) is 0 Å². The molecule has 0 aromatic carbocycles. The highest BCUT2D eigenvalue weighted by Crippen LogP contribution is 2.44. The molecule has 1 aliphatic heterocycles. The second-order valence-electron chi connectivity index (χ2n) is 5.43. The van der Waals surface area contributed by atoms with Crippen molar-refractivity contribution in [3.63, 3.8) is 0 Å². The topological polar surface area (TPSA) is 49.3 Å². The summed E-state index contributed by atoms with van der Waals surface area (Å²) >= 11 is 0. The average Bonchev–Trinajstić information content (AvgIpc) is 2.77. The zero-order valence-electron chi connectivity index (χ0n) is 10.0. The largest absolute Gasteiger partial charge is 0.481 e. The van der Waals surface area contributed by atoms with Crippen molar-refractivity contribution in [1.29, 1.82) is 0 Å². The molecule has 1 heterocycles. The summed E-state index contributed by atoms with van der Waals surface area (Å²) in [4.78, 5) is 11.1. The Balaban J connectivity index is 2.02. The van der Waals surface area contributed by atoms with Crippen LogP contribution in [0.2, 0.25) is 0 Å². The fourth-order valence-corrected chi connectivity index (χ4v) is 3.38. The summed E-state index contributed by atoms with van der Waals surface area (Å²) in [6.07, 6.45) is -2.57. The highest BCUT2D eigenvalue weighted by atomic mass is 19.4. The van der Waals surface area contributed by atoms with Gasteiger partial charge in [0.1, 0.15) is 0 Å². The fraction of sp³-hybridized carbons (Fsp3) is 0.917. The van der Waals surface area contributed by atoms with Gasteiger partial charge in [-0.05, 0) is 31.2 Å². The molecule has 4 unspecified atom stereocenters. The molecule has 0 aromatic heterocycles. The molecule has 2 rings (SSSR count). The van der Waals surface area contributed by atoms with E-state index in [1.54, 1.807) is 0 Å². The predicted molar refractivity (Wildman–Crippen MR) is 59.0 cm³/mol. The quantitative estimate of drug-likeness (QED) is 0.805. The molecule has 2 N–H and O–H groups in total. The molecule has 0 amide bonds. The van der Waals surface area contributed by atoms with Crippen molar-refractivity contribution in [2.45, 2.75) is 31.9 Å². The van der Waals surface area contributed by atoms with Crippen LogP contribution in [0.25, 0.3) is 0 Å². The fourth-order valence-electron chi connectivity index (χ4n) is 3.38. The van der Waals surface area contributed by atoms with Gasteiger partial charge in [-0.25, -0.2) is 0 Å². The summed E-state index contributed by atoms with van der Waals surface area (Å²) in [5, 5.41) is 12.1. The van der Waals surface area contributed by atoms with E-state index in [1.807, 2.05) is 0 Å². The SMILES string of the molecule is O=C(O)C1CNCC1C1CCCC(C(F)(F)F)C1. The molecule has 0 aromatic rings. The Morgan fingerprint density at radius 1 is 1.22 bits per heavy atom. The first kappa shape index (κ1) is 13.6. The first-order valence-corrected chi connectivity index (χ1v) is 6.40. The van der Waals surface area contributed by atoms with Crippen molar-refractivity contribution >= 4 is 5.97 Å². The number of aliphatic carboxylic acids is 1. The molecule has 6 heteroatoms. The molecule has 0 bridgehead atoms. The predicted octanol–water partition coefficient (Wildman–Crippen LogP) is 2.28. The van der Waals surface area contributed by atoms with E-state index in [4.69, 9.17) is 5.11 Å². The van der Waals surface area contributed by atoms with Crippen molar-refractivity contribution in [1.82, 2.24) is 5.32 Å². The van der Waals surface area contributed by atoms with E-state index in [2.05, 4.69) is 5.32 Å². The van der Waals surface area contributed by atoms with Crippen molar-refractivity contribution in [2.75, 3.05) is 13.1 Å². The summed E-state index contributed by atoms with van der Waals surface area (Å²) in [6.45, 7) is 0.916. The van der Waals surface area contributed by atoms with Crippen LogP contribution >= 0.6 is 0 Å². The zero-order valence-corrected chi connectivity index (χ0v) is 10.0. The Hall–Kier alpha value is -0.780. The first-order valence-electron chi connectivity index (χ1n) is 6.40. The maximum atomic E-state index is 12.7. The van der Waals surface area contributed by atoms with Gasteiger partial charge in [-0.3, -0.25) is 4.79 Å². The van der Waals surface area contributed by atoms with Crippen molar-refractivity contribution in [2.24, 2.45) is 23.7 Å². The zero-order chi connectivity index (χ0) is 13.3. The summed E-state index contributed by atoms with van der Waals surface area (Å²) < 4.78 is 38.2. The van der Waals surface area contributed by atoms with Crippen molar-refractivity contribution < 1.29 is 23.1 Å². The maximum absolute atomic E-state index is 12.7. The number of nitrogens with one attached hydrogen (secondary N) is 1. The number of hydrogen-bond acceptors (Lipinski definition) is 2. The highest BCUT2D eigenvalue weighted by Gasteiger charge is 2.46. The van der Waals surface area contributed by atoms with Gasteiger partial charge >= 0.3 is 12.1 Å². The maximum Gasteiger partial charge on any atom is 0.391 e. The van der Waals surface area contributed by atoms with E-state index in [-0.39, 0.29) is 24.7 Å². The Morgan fingerprint density at radius 2 is 1.94 bits per heavy atom. The lowest BCUT2D eigenvalue weighted by Crippen LogP contribution is -2.35. The Kier molecular flexibility index (Phi) is 3.84. The van der Waals surface area contributed by atoms with Crippen LogP contribution in [0.5, 0.6) is 0 Å². The second-order valence-corrected chi connectivity index (χ2v) is 5.43. The molecule has 0 radical (unpaired) electrons. The molecule has 1 saturated heterocycles. The third-order valence-electron chi connectivity index (χ3n) is 4.36. The minimum atomic E-state index is -4.14. The van der Waals surface area contributed by atoms with Crippen LogP contribution in [0.4, 0.5) is 13.2 Å². The second kappa shape index (κ2) is 5.07. The van der Waals surface area contributed by atoms with E-state index in [1.165, 1.54) is 0 Å². The Morgan fingerprint density at radius 3 is 2.56 bits per heavy atom. The summed E-state index contributed by atoms with van der Waals surface area (Å²) in [5.41, 5.74) is 0. The first-order chi connectivity index (χ1) is 8.39. The van der Waals surface area contributed by atoms with Crippen LogP contribution in [-0.4, -0.2) is 30.3 Å². The molecule has 3 nitrogen and oxygen atoms in total. The number of carboxylic acid groups (broad SMARTS) is 1. The summed E-state index contributed by atoms with van der Waals surface area (Å²) in [7, 11) is 0. The molecule has 1 saturated carbocycles. The van der Waals surface area contributed by atoms with Gasteiger partial charge in [0.25, 0.3) is 0 Å². The molecule has 104 valence electrons. The summed E-state index contributed by atoms with van der Waals surface area (Å²) in [5.74, 6) is -2.92. The van der Waals surface area contributed by atoms with Gasteiger partial charge < -0.3 is 10.4 Å². The van der Waals surface area contributed by atoms with Gasteiger partial charge in [0, 0.05) is 6.54 Å². The van der Waals surface area contributed by atoms with E-state index >= 15 is 0 Å². The molecular formula is C12H18F3NO2.